The molecule has 1 heterocycles. The van der Waals surface area contributed by atoms with Crippen LogP contribution in [0.25, 0.3) is 0 Å². The van der Waals surface area contributed by atoms with Gasteiger partial charge in [-0.1, -0.05) is 6.92 Å². The lowest BCUT2D eigenvalue weighted by Crippen LogP contribution is -2.48. The van der Waals surface area contributed by atoms with Gasteiger partial charge in [0.25, 0.3) is 5.91 Å². The number of anilines is 1. The number of halogens is 1. The third kappa shape index (κ3) is 4.52. The van der Waals surface area contributed by atoms with E-state index in [0.29, 0.717) is 37.4 Å². The molecule has 0 unspecified atom stereocenters. The molecule has 0 aliphatic carbocycles. The number of sulfonamides is 1. The molecule has 1 amide bonds. The molecule has 3 rings (SSSR count). The molecule has 6 nitrogen and oxygen atoms in total. The number of carbonyl (C=O) groups excluding carboxylic acids is 1. The molecule has 0 radical (unpaired) electrons. The number of likely N-dealkylation sites (N-methyl/N-ethyl adjacent to an activating group) is 1. The highest BCUT2D eigenvalue weighted by Crippen LogP contribution is 2.19. The molecule has 8 heteroatoms. The van der Waals surface area contributed by atoms with Gasteiger partial charge in [-0.15, -0.1) is 0 Å². The highest BCUT2D eigenvalue weighted by molar-refractivity contribution is 7.89. The normalized spacial score (nSPS) is 16.2. The lowest BCUT2D eigenvalue weighted by Gasteiger charge is -2.33. The summed E-state index contributed by atoms with van der Waals surface area (Å²) in [5, 5.41) is 2.65. The van der Waals surface area contributed by atoms with Gasteiger partial charge in [0.05, 0.1) is 4.90 Å². The van der Waals surface area contributed by atoms with E-state index in [9.17, 15) is 17.6 Å². The first kappa shape index (κ1) is 19.5. The van der Waals surface area contributed by atoms with Crippen LogP contribution in [0.5, 0.6) is 0 Å². The smallest absolute Gasteiger partial charge is 0.255 e. The summed E-state index contributed by atoms with van der Waals surface area (Å²) in [6, 6.07) is 11.3. The molecule has 0 bridgehead atoms. The number of nitrogens with one attached hydrogen (secondary N) is 1. The average Bonchev–Trinajstić information content (AvgIpc) is 2.70. The van der Waals surface area contributed by atoms with Crippen LogP contribution in [0.1, 0.15) is 17.3 Å². The Morgan fingerprint density at radius 3 is 2.15 bits per heavy atom. The summed E-state index contributed by atoms with van der Waals surface area (Å²) in [4.78, 5) is 14.6. The molecule has 2 aromatic carbocycles. The van der Waals surface area contributed by atoms with Gasteiger partial charge >= 0.3 is 0 Å². The van der Waals surface area contributed by atoms with Crippen LogP contribution >= 0.6 is 0 Å². The van der Waals surface area contributed by atoms with E-state index in [1.807, 2.05) is 0 Å². The van der Waals surface area contributed by atoms with Crippen molar-refractivity contribution < 1.29 is 17.6 Å². The molecule has 1 saturated heterocycles. The number of amides is 1. The van der Waals surface area contributed by atoms with E-state index in [1.165, 1.54) is 52.8 Å². The van der Waals surface area contributed by atoms with E-state index in [-0.39, 0.29) is 16.6 Å². The molecule has 144 valence electrons. The number of carbonyl (C=O) groups is 1. The number of benzene rings is 2. The third-order valence-corrected chi connectivity index (χ3v) is 6.55. The van der Waals surface area contributed by atoms with Crippen molar-refractivity contribution in [3.63, 3.8) is 0 Å². The van der Waals surface area contributed by atoms with Crippen LogP contribution in [0.4, 0.5) is 10.1 Å². The van der Waals surface area contributed by atoms with Gasteiger partial charge in [0.1, 0.15) is 5.82 Å². The van der Waals surface area contributed by atoms with E-state index in [4.69, 9.17) is 0 Å². The molecule has 0 spiro atoms. The lowest BCUT2D eigenvalue weighted by atomic mass is 10.2. The largest absolute Gasteiger partial charge is 0.322 e. The van der Waals surface area contributed by atoms with Crippen molar-refractivity contribution in [2.24, 2.45) is 0 Å². The molecule has 0 atom stereocenters. The summed E-state index contributed by atoms with van der Waals surface area (Å²) in [6.07, 6.45) is 0. The van der Waals surface area contributed by atoms with Crippen LogP contribution in [0, 0.1) is 5.82 Å². The summed E-state index contributed by atoms with van der Waals surface area (Å²) in [7, 11) is -3.57. The van der Waals surface area contributed by atoms with Crippen LogP contribution in [-0.2, 0) is 10.0 Å². The van der Waals surface area contributed by atoms with Crippen molar-refractivity contribution in [3.05, 3.63) is 59.9 Å². The summed E-state index contributed by atoms with van der Waals surface area (Å²) in [5.41, 5.74) is 0.793. The number of rotatable bonds is 5. The number of hydrogen-bond donors (Lipinski definition) is 1. The third-order valence-electron chi connectivity index (χ3n) is 4.63. The van der Waals surface area contributed by atoms with E-state index < -0.39 is 10.0 Å². The quantitative estimate of drug-likeness (QED) is 0.850. The van der Waals surface area contributed by atoms with Crippen molar-refractivity contribution in [1.29, 1.82) is 0 Å². The Balaban J connectivity index is 1.69. The van der Waals surface area contributed by atoms with Gasteiger partial charge in [0, 0.05) is 37.4 Å². The fourth-order valence-corrected chi connectivity index (χ4v) is 4.37. The van der Waals surface area contributed by atoms with Crippen LogP contribution in [0.2, 0.25) is 0 Å². The van der Waals surface area contributed by atoms with Crippen molar-refractivity contribution in [2.45, 2.75) is 11.8 Å². The SMILES string of the molecule is CCN1CCN(S(=O)(=O)c2ccc(C(=O)Nc3ccc(F)cc3)cc2)CC1. The summed E-state index contributed by atoms with van der Waals surface area (Å²) in [5.74, 6) is -0.774. The van der Waals surface area contributed by atoms with Gasteiger partial charge in [-0.05, 0) is 55.1 Å². The van der Waals surface area contributed by atoms with Gasteiger partial charge in [-0.3, -0.25) is 4.79 Å². The second kappa shape index (κ2) is 8.16. The maximum atomic E-state index is 12.9. The molecule has 1 fully saturated rings. The van der Waals surface area contributed by atoms with Gasteiger partial charge in [-0.2, -0.15) is 4.31 Å². The van der Waals surface area contributed by atoms with Crippen molar-refractivity contribution in [3.8, 4) is 0 Å². The number of piperazine rings is 1. The zero-order valence-electron chi connectivity index (χ0n) is 15.1. The number of nitrogens with zero attached hydrogens (tertiary/aromatic N) is 2. The summed E-state index contributed by atoms with van der Waals surface area (Å²) < 4.78 is 39.9. The summed E-state index contributed by atoms with van der Waals surface area (Å²) in [6.45, 7) is 5.32. The Morgan fingerprint density at radius 2 is 1.59 bits per heavy atom. The van der Waals surface area contributed by atoms with Crippen molar-refractivity contribution in [2.75, 3.05) is 38.0 Å². The second-order valence-corrected chi connectivity index (χ2v) is 8.26. The molecular formula is C19H22FN3O3S. The Hall–Kier alpha value is -2.29. The molecule has 1 aliphatic rings. The predicted molar refractivity (Wildman–Crippen MR) is 102 cm³/mol. The molecule has 1 aliphatic heterocycles. The highest BCUT2D eigenvalue weighted by atomic mass is 32.2. The van der Waals surface area contributed by atoms with Gasteiger partial charge < -0.3 is 10.2 Å². The molecule has 2 aromatic rings. The highest BCUT2D eigenvalue weighted by Gasteiger charge is 2.28. The first-order valence-electron chi connectivity index (χ1n) is 8.79. The molecular weight excluding hydrogens is 369 g/mol. The van der Waals surface area contributed by atoms with Crippen LogP contribution in [-0.4, -0.2) is 56.3 Å². The standard InChI is InChI=1S/C19H22FN3O3S/c1-2-22-11-13-23(14-12-22)27(25,26)18-9-3-15(4-10-18)19(24)21-17-7-5-16(20)6-8-17/h3-10H,2,11-14H2,1H3,(H,21,24). The minimum absolute atomic E-state index is 0.172. The van der Waals surface area contributed by atoms with Crippen molar-refractivity contribution >= 4 is 21.6 Å². The number of hydrogen-bond acceptors (Lipinski definition) is 4. The molecule has 0 saturated carbocycles. The van der Waals surface area contributed by atoms with E-state index in [0.717, 1.165) is 6.54 Å². The van der Waals surface area contributed by atoms with Crippen LogP contribution < -0.4 is 5.32 Å². The van der Waals surface area contributed by atoms with E-state index in [2.05, 4.69) is 17.1 Å². The fourth-order valence-electron chi connectivity index (χ4n) is 2.95. The zero-order chi connectivity index (χ0) is 19.4. The van der Waals surface area contributed by atoms with Crippen molar-refractivity contribution in [1.82, 2.24) is 9.21 Å². The topological polar surface area (TPSA) is 69.7 Å². The molecule has 27 heavy (non-hydrogen) atoms. The molecule has 1 N–H and O–H groups in total. The maximum absolute atomic E-state index is 12.9. The minimum atomic E-state index is -3.57. The maximum Gasteiger partial charge on any atom is 0.255 e. The van der Waals surface area contributed by atoms with Gasteiger partial charge in [0.15, 0.2) is 0 Å². The van der Waals surface area contributed by atoms with Gasteiger partial charge in [-0.25, -0.2) is 12.8 Å². The van der Waals surface area contributed by atoms with E-state index >= 15 is 0 Å². The van der Waals surface area contributed by atoms with Gasteiger partial charge in [0.2, 0.25) is 10.0 Å². The average molecular weight is 391 g/mol. The van der Waals surface area contributed by atoms with Crippen LogP contribution in [0.3, 0.4) is 0 Å². The first-order valence-corrected chi connectivity index (χ1v) is 10.2. The minimum Gasteiger partial charge on any atom is -0.322 e. The summed E-state index contributed by atoms with van der Waals surface area (Å²) >= 11 is 0. The Morgan fingerprint density at radius 1 is 1.00 bits per heavy atom. The zero-order valence-corrected chi connectivity index (χ0v) is 15.9. The van der Waals surface area contributed by atoms with Crippen LogP contribution in [0.15, 0.2) is 53.4 Å². The lowest BCUT2D eigenvalue weighted by molar-refractivity contribution is 0.102. The predicted octanol–water partition coefficient (Wildman–Crippen LogP) is 2.40. The monoisotopic (exact) mass is 391 g/mol. The second-order valence-electron chi connectivity index (χ2n) is 6.32. The van der Waals surface area contributed by atoms with E-state index in [1.54, 1.807) is 0 Å². The Kier molecular flexibility index (Phi) is 5.88. The first-order chi connectivity index (χ1) is 12.9. The fraction of sp³-hybridized carbons (Fsp3) is 0.316. The Labute approximate surface area is 158 Å². The molecule has 0 aromatic heterocycles. The Bertz CT molecular complexity index is 891.